The minimum absolute atomic E-state index is 0.0302. The molecule has 6 heteroatoms. The van der Waals surface area contributed by atoms with E-state index in [-0.39, 0.29) is 11.8 Å². The van der Waals surface area contributed by atoms with Crippen LogP contribution in [0.25, 0.3) is 0 Å². The number of nitrogens with zero attached hydrogens (tertiary/aromatic N) is 2. The molecule has 1 aromatic carbocycles. The van der Waals surface area contributed by atoms with Gasteiger partial charge in [-0.3, -0.25) is 9.59 Å². The monoisotopic (exact) mass is 284 g/mol. The molecule has 21 heavy (non-hydrogen) atoms. The summed E-state index contributed by atoms with van der Waals surface area (Å²) in [5, 5.41) is 5.61. The minimum Gasteiger partial charge on any atom is -0.352 e. The van der Waals surface area contributed by atoms with Crippen molar-refractivity contribution in [1.29, 1.82) is 0 Å². The number of hydrogen-bond acceptors (Lipinski definition) is 3. The number of hydrogen-bond donors (Lipinski definition) is 2. The van der Waals surface area contributed by atoms with Crippen molar-refractivity contribution in [2.75, 3.05) is 11.9 Å². The maximum atomic E-state index is 12.1. The Morgan fingerprint density at radius 3 is 3.10 bits per heavy atom. The van der Waals surface area contributed by atoms with E-state index in [1.54, 1.807) is 18.3 Å². The molecule has 0 fully saturated rings. The van der Waals surface area contributed by atoms with Crippen molar-refractivity contribution in [3.63, 3.8) is 0 Å². The average Bonchev–Trinajstić information content (AvgIpc) is 3.02. The van der Waals surface area contributed by atoms with Gasteiger partial charge in [0.15, 0.2) is 0 Å². The topological polar surface area (TPSA) is 76.0 Å². The smallest absolute Gasteiger partial charge is 0.251 e. The van der Waals surface area contributed by atoms with Crippen molar-refractivity contribution in [2.24, 2.45) is 7.05 Å². The standard InChI is InChI=1S/C15H16N4O2/c1-19-7-6-16-13(19)4-5-17-15(21)11-3-2-10-9-14(20)18-12(10)8-11/h2-3,6-8H,4-5,9H2,1H3,(H,17,21)(H,18,20). The second kappa shape index (κ2) is 5.40. The molecule has 1 aromatic heterocycles. The molecule has 1 aliphatic rings. The Bertz CT molecular complexity index is 705. The van der Waals surface area contributed by atoms with Gasteiger partial charge in [-0.2, -0.15) is 0 Å². The molecule has 2 heterocycles. The lowest BCUT2D eigenvalue weighted by Gasteiger charge is -2.07. The average molecular weight is 284 g/mol. The van der Waals surface area contributed by atoms with Crippen molar-refractivity contribution < 1.29 is 9.59 Å². The summed E-state index contributed by atoms with van der Waals surface area (Å²) in [4.78, 5) is 27.6. The summed E-state index contributed by atoms with van der Waals surface area (Å²) >= 11 is 0. The fourth-order valence-electron chi connectivity index (χ4n) is 2.38. The summed E-state index contributed by atoms with van der Waals surface area (Å²) in [5.74, 6) is 0.752. The number of amides is 2. The van der Waals surface area contributed by atoms with Crippen LogP contribution in [0.2, 0.25) is 0 Å². The van der Waals surface area contributed by atoms with Crippen LogP contribution in [-0.2, 0) is 24.7 Å². The first-order valence-electron chi connectivity index (χ1n) is 6.80. The van der Waals surface area contributed by atoms with Crippen LogP contribution < -0.4 is 10.6 Å². The Morgan fingerprint density at radius 2 is 2.33 bits per heavy atom. The summed E-state index contributed by atoms with van der Waals surface area (Å²) in [6.45, 7) is 0.521. The Labute approximate surface area is 122 Å². The van der Waals surface area contributed by atoms with Gasteiger partial charge < -0.3 is 15.2 Å². The molecule has 2 amide bonds. The van der Waals surface area contributed by atoms with Crippen LogP contribution in [0.5, 0.6) is 0 Å². The van der Waals surface area contributed by atoms with Crippen LogP contribution in [0.4, 0.5) is 5.69 Å². The molecule has 0 aliphatic carbocycles. The number of rotatable bonds is 4. The van der Waals surface area contributed by atoms with Gasteiger partial charge in [-0.05, 0) is 17.7 Å². The van der Waals surface area contributed by atoms with E-state index in [2.05, 4.69) is 15.6 Å². The molecule has 0 radical (unpaired) electrons. The zero-order chi connectivity index (χ0) is 14.8. The number of imidazole rings is 1. The second-order valence-electron chi connectivity index (χ2n) is 5.06. The van der Waals surface area contributed by atoms with Gasteiger partial charge in [0.25, 0.3) is 5.91 Å². The highest BCUT2D eigenvalue weighted by Gasteiger charge is 2.18. The molecule has 0 saturated carbocycles. The molecule has 3 rings (SSSR count). The third-order valence-electron chi connectivity index (χ3n) is 3.55. The number of nitrogens with one attached hydrogen (secondary N) is 2. The maximum absolute atomic E-state index is 12.1. The third-order valence-corrected chi connectivity index (χ3v) is 3.55. The summed E-state index contributed by atoms with van der Waals surface area (Å²) in [5.41, 5.74) is 2.22. The molecular weight excluding hydrogens is 268 g/mol. The first kappa shape index (κ1) is 13.4. The van der Waals surface area contributed by atoms with E-state index in [0.717, 1.165) is 17.1 Å². The molecule has 6 nitrogen and oxygen atoms in total. The highest BCUT2D eigenvalue weighted by atomic mass is 16.2. The van der Waals surface area contributed by atoms with E-state index >= 15 is 0 Å². The first-order chi connectivity index (χ1) is 10.1. The summed E-state index contributed by atoms with van der Waals surface area (Å²) in [6.07, 6.45) is 4.67. The van der Waals surface area contributed by atoms with Gasteiger partial charge in [-0.1, -0.05) is 6.07 Å². The predicted molar refractivity (Wildman–Crippen MR) is 78.0 cm³/mol. The highest BCUT2D eigenvalue weighted by Crippen LogP contribution is 2.23. The van der Waals surface area contributed by atoms with Crippen molar-refractivity contribution in [2.45, 2.75) is 12.8 Å². The largest absolute Gasteiger partial charge is 0.352 e. The first-order valence-corrected chi connectivity index (χ1v) is 6.80. The van der Waals surface area contributed by atoms with E-state index in [1.165, 1.54) is 0 Å². The zero-order valence-electron chi connectivity index (χ0n) is 11.7. The molecule has 0 saturated heterocycles. The lowest BCUT2D eigenvalue weighted by Crippen LogP contribution is -2.26. The van der Waals surface area contributed by atoms with Gasteiger partial charge in [0.2, 0.25) is 5.91 Å². The van der Waals surface area contributed by atoms with E-state index < -0.39 is 0 Å². The number of carbonyl (C=O) groups excluding carboxylic acids is 2. The summed E-state index contributed by atoms with van der Waals surface area (Å²) in [6, 6.07) is 5.28. The Hall–Kier alpha value is -2.63. The summed E-state index contributed by atoms with van der Waals surface area (Å²) in [7, 11) is 1.92. The summed E-state index contributed by atoms with van der Waals surface area (Å²) < 4.78 is 1.93. The van der Waals surface area contributed by atoms with Crippen molar-refractivity contribution in [1.82, 2.24) is 14.9 Å². The number of aryl methyl sites for hydroxylation is 1. The highest BCUT2D eigenvalue weighted by molar-refractivity contribution is 6.02. The van der Waals surface area contributed by atoms with Crippen LogP contribution in [-0.4, -0.2) is 27.9 Å². The fraction of sp³-hybridized carbons (Fsp3) is 0.267. The number of carbonyl (C=O) groups is 2. The maximum Gasteiger partial charge on any atom is 0.251 e. The number of aromatic nitrogens is 2. The van der Waals surface area contributed by atoms with Crippen LogP contribution in [0.15, 0.2) is 30.6 Å². The van der Waals surface area contributed by atoms with Crippen LogP contribution in [0, 0.1) is 0 Å². The molecule has 0 atom stereocenters. The molecular formula is C15H16N4O2. The lowest BCUT2D eigenvalue weighted by molar-refractivity contribution is -0.115. The molecule has 2 aromatic rings. The molecule has 108 valence electrons. The predicted octanol–water partition coefficient (Wildman–Crippen LogP) is 0.887. The van der Waals surface area contributed by atoms with Gasteiger partial charge in [0, 0.05) is 43.7 Å². The number of fused-ring (bicyclic) bond motifs is 1. The molecule has 0 unspecified atom stereocenters. The lowest BCUT2D eigenvalue weighted by atomic mass is 10.1. The van der Waals surface area contributed by atoms with Crippen LogP contribution >= 0.6 is 0 Å². The van der Waals surface area contributed by atoms with E-state index in [4.69, 9.17) is 0 Å². The minimum atomic E-state index is -0.145. The van der Waals surface area contributed by atoms with Crippen LogP contribution in [0.1, 0.15) is 21.7 Å². The molecule has 0 spiro atoms. The Balaban J connectivity index is 1.60. The van der Waals surface area contributed by atoms with Gasteiger partial charge in [-0.15, -0.1) is 0 Å². The molecule has 1 aliphatic heterocycles. The Morgan fingerprint density at radius 1 is 1.48 bits per heavy atom. The third kappa shape index (κ3) is 2.79. The quantitative estimate of drug-likeness (QED) is 0.875. The molecule has 0 bridgehead atoms. The van der Waals surface area contributed by atoms with Crippen molar-refractivity contribution >= 4 is 17.5 Å². The fourth-order valence-corrected chi connectivity index (χ4v) is 2.38. The van der Waals surface area contributed by atoms with E-state index in [0.29, 0.717) is 24.9 Å². The van der Waals surface area contributed by atoms with E-state index in [1.807, 2.05) is 23.9 Å². The van der Waals surface area contributed by atoms with Gasteiger partial charge in [0.1, 0.15) is 5.82 Å². The molecule has 2 N–H and O–H groups in total. The van der Waals surface area contributed by atoms with Crippen molar-refractivity contribution in [3.05, 3.63) is 47.5 Å². The van der Waals surface area contributed by atoms with Crippen molar-refractivity contribution in [3.8, 4) is 0 Å². The van der Waals surface area contributed by atoms with E-state index in [9.17, 15) is 9.59 Å². The Kier molecular flexibility index (Phi) is 3.43. The number of benzene rings is 1. The van der Waals surface area contributed by atoms with Gasteiger partial charge in [-0.25, -0.2) is 4.98 Å². The zero-order valence-corrected chi connectivity index (χ0v) is 11.7. The van der Waals surface area contributed by atoms with Gasteiger partial charge in [0.05, 0.1) is 6.42 Å². The number of anilines is 1. The van der Waals surface area contributed by atoms with Crippen LogP contribution in [0.3, 0.4) is 0 Å². The second-order valence-corrected chi connectivity index (χ2v) is 5.06. The van der Waals surface area contributed by atoms with Gasteiger partial charge >= 0.3 is 0 Å². The SMILES string of the molecule is Cn1ccnc1CCNC(=O)c1ccc2c(c1)NC(=O)C2. The normalized spacial score (nSPS) is 12.9.